The van der Waals surface area contributed by atoms with Gasteiger partial charge in [0.1, 0.15) is 17.9 Å². The maximum absolute atomic E-state index is 14.5. The van der Waals surface area contributed by atoms with Crippen molar-refractivity contribution in [1.29, 1.82) is 0 Å². The molecule has 6 rings (SSSR count). The molecule has 9 nitrogen and oxygen atoms in total. The Bertz CT molecular complexity index is 1440. The van der Waals surface area contributed by atoms with Gasteiger partial charge in [0.05, 0.1) is 13.2 Å². The molecule has 0 radical (unpaired) electrons. The van der Waals surface area contributed by atoms with Crippen LogP contribution in [0.3, 0.4) is 0 Å². The van der Waals surface area contributed by atoms with Gasteiger partial charge in [-0.2, -0.15) is 0 Å². The number of hydrogen-bond donors (Lipinski definition) is 2. The zero-order valence-corrected chi connectivity index (χ0v) is 20.2. The fourth-order valence-electron chi connectivity index (χ4n) is 4.83. The molecule has 2 aromatic carbocycles. The second-order valence-electron chi connectivity index (χ2n) is 9.07. The molecule has 4 aromatic rings. The van der Waals surface area contributed by atoms with Gasteiger partial charge < -0.3 is 19.9 Å². The van der Waals surface area contributed by atoms with E-state index in [0.29, 0.717) is 56.3 Å². The largest absolute Gasteiger partial charge is 0.493 e. The number of rotatable bonds is 8. The molecule has 1 atom stereocenters. The summed E-state index contributed by atoms with van der Waals surface area (Å²) in [6, 6.07) is 12.9. The number of hydrogen-bond acceptors (Lipinski definition) is 8. The SMILES string of the molecule is OC(OCc1ccccc1)N1CC=C(c2cnc(NCc3c(F)ccc4c3CCO4)n3cnnc23)CC1. The van der Waals surface area contributed by atoms with Crippen molar-refractivity contribution in [1.82, 2.24) is 24.5 Å². The summed E-state index contributed by atoms with van der Waals surface area (Å²) < 4.78 is 27.5. The molecule has 2 aliphatic rings. The van der Waals surface area contributed by atoms with E-state index in [9.17, 15) is 9.50 Å². The molecule has 0 spiro atoms. The van der Waals surface area contributed by atoms with Gasteiger partial charge in [-0.05, 0) is 29.7 Å². The van der Waals surface area contributed by atoms with Gasteiger partial charge in [-0.15, -0.1) is 10.2 Å². The van der Waals surface area contributed by atoms with Crippen LogP contribution in [0.2, 0.25) is 0 Å². The summed E-state index contributed by atoms with van der Waals surface area (Å²) in [5, 5.41) is 22.1. The molecule has 0 saturated heterocycles. The first-order valence-electron chi connectivity index (χ1n) is 12.3. The molecule has 1 unspecified atom stereocenters. The summed E-state index contributed by atoms with van der Waals surface area (Å²) in [5.74, 6) is 1.01. The average Bonchev–Trinajstić information content (AvgIpc) is 3.62. The van der Waals surface area contributed by atoms with Gasteiger partial charge in [-0.1, -0.05) is 36.4 Å². The highest BCUT2D eigenvalue weighted by Gasteiger charge is 2.23. The summed E-state index contributed by atoms with van der Waals surface area (Å²) >= 11 is 0. The Labute approximate surface area is 213 Å². The first-order valence-corrected chi connectivity index (χ1v) is 12.3. The molecule has 37 heavy (non-hydrogen) atoms. The normalized spacial score (nSPS) is 16.3. The third-order valence-corrected chi connectivity index (χ3v) is 6.84. The van der Waals surface area contributed by atoms with E-state index in [4.69, 9.17) is 9.47 Å². The summed E-state index contributed by atoms with van der Waals surface area (Å²) in [7, 11) is 0. The molecule has 0 amide bonds. The minimum absolute atomic E-state index is 0.264. The Morgan fingerprint density at radius 1 is 1.16 bits per heavy atom. The van der Waals surface area contributed by atoms with Gasteiger partial charge in [0, 0.05) is 48.9 Å². The van der Waals surface area contributed by atoms with Crippen LogP contribution in [0.1, 0.15) is 28.7 Å². The lowest BCUT2D eigenvalue weighted by atomic mass is 10.0. The smallest absolute Gasteiger partial charge is 0.216 e. The molecular formula is C27H27FN6O3. The van der Waals surface area contributed by atoms with E-state index in [1.54, 1.807) is 23.0 Å². The maximum Gasteiger partial charge on any atom is 0.216 e. The number of nitrogens with one attached hydrogen (secondary N) is 1. The van der Waals surface area contributed by atoms with Crippen LogP contribution in [0.5, 0.6) is 5.75 Å². The van der Waals surface area contributed by atoms with E-state index in [0.717, 1.165) is 28.0 Å². The van der Waals surface area contributed by atoms with E-state index in [1.807, 2.05) is 35.2 Å². The summed E-state index contributed by atoms with van der Waals surface area (Å²) in [4.78, 5) is 6.47. The fourth-order valence-corrected chi connectivity index (χ4v) is 4.83. The van der Waals surface area contributed by atoms with E-state index >= 15 is 0 Å². The molecule has 0 bridgehead atoms. The quantitative estimate of drug-likeness (QED) is 0.354. The average molecular weight is 503 g/mol. The number of aliphatic hydroxyl groups is 1. The highest BCUT2D eigenvalue weighted by Crippen LogP contribution is 2.31. The fraction of sp³-hybridized carbons (Fsp3) is 0.296. The number of ether oxygens (including phenoxy) is 2. The Morgan fingerprint density at radius 3 is 2.89 bits per heavy atom. The summed E-state index contributed by atoms with van der Waals surface area (Å²) in [6.07, 6.45) is 5.83. The molecule has 0 fully saturated rings. The van der Waals surface area contributed by atoms with Crippen molar-refractivity contribution in [3.05, 3.63) is 89.1 Å². The minimum atomic E-state index is -0.985. The van der Waals surface area contributed by atoms with Crippen LogP contribution in [-0.4, -0.2) is 55.7 Å². The number of fused-ring (bicyclic) bond motifs is 2. The predicted octanol–water partition coefficient (Wildman–Crippen LogP) is 3.39. The van der Waals surface area contributed by atoms with Gasteiger partial charge in [-0.3, -0.25) is 9.30 Å². The van der Waals surface area contributed by atoms with Crippen LogP contribution in [0, 0.1) is 5.82 Å². The molecule has 0 aliphatic carbocycles. The number of anilines is 1. The third kappa shape index (κ3) is 4.78. The van der Waals surface area contributed by atoms with Gasteiger partial charge in [-0.25, -0.2) is 9.37 Å². The van der Waals surface area contributed by atoms with E-state index in [1.165, 1.54) is 6.07 Å². The van der Waals surface area contributed by atoms with Crippen molar-refractivity contribution < 1.29 is 19.0 Å². The number of aliphatic hydroxyl groups excluding tert-OH is 1. The zero-order chi connectivity index (χ0) is 25.2. The lowest BCUT2D eigenvalue weighted by Crippen LogP contribution is -2.39. The number of benzene rings is 2. The van der Waals surface area contributed by atoms with Gasteiger partial charge in [0.2, 0.25) is 12.4 Å². The summed E-state index contributed by atoms with van der Waals surface area (Å²) in [5.41, 5.74) is 5.12. The van der Waals surface area contributed by atoms with E-state index in [-0.39, 0.29) is 12.4 Å². The Morgan fingerprint density at radius 2 is 2.05 bits per heavy atom. The lowest BCUT2D eigenvalue weighted by Gasteiger charge is -2.30. The van der Waals surface area contributed by atoms with E-state index < -0.39 is 6.41 Å². The summed E-state index contributed by atoms with van der Waals surface area (Å²) in [6.45, 7) is 2.35. The first-order chi connectivity index (χ1) is 18.2. The van der Waals surface area contributed by atoms with Crippen molar-refractivity contribution >= 4 is 17.2 Å². The van der Waals surface area contributed by atoms with E-state index in [2.05, 4.69) is 26.6 Å². The van der Waals surface area contributed by atoms with Gasteiger partial charge >= 0.3 is 0 Å². The monoisotopic (exact) mass is 502 g/mol. The van der Waals surface area contributed by atoms with Crippen molar-refractivity contribution in [2.45, 2.75) is 32.4 Å². The van der Waals surface area contributed by atoms with Crippen LogP contribution in [-0.2, 0) is 24.3 Å². The zero-order valence-electron chi connectivity index (χ0n) is 20.2. The van der Waals surface area contributed by atoms with Crippen molar-refractivity contribution in [3.63, 3.8) is 0 Å². The van der Waals surface area contributed by atoms with Crippen molar-refractivity contribution in [3.8, 4) is 5.75 Å². The molecule has 4 heterocycles. The Balaban J connectivity index is 1.14. The van der Waals surface area contributed by atoms with Gasteiger partial charge in [0.15, 0.2) is 5.65 Å². The van der Waals surface area contributed by atoms with Gasteiger partial charge in [0.25, 0.3) is 0 Å². The van der Waals surface area contributed by atoms with Crippen LogP contribution in [0.25, 0.3) is 11.2 Å². The number of nitrogens with zero attached hydrogens (tertiary/aromatic N) is 5. The van der Waals surface area contributed by atoms with Crippen LogP contribution < -0.4 is 10.1 Å². The lowest BCUT2D eigenvalue weighted by molar-refractivity contribution is -0.197. The first kappa shape index (κ1) is 23.5. The topological polar surface area (TPSA) is 97.0 Å². The van der Waals surface area contributed by atoms with Crippen LogP contribution in [0.15, 0.2) is 61.1 Å². The molecule has 2 aliphatic heterocycles. The minimum Gasteiger partial charge on any atom is -0.493 e. The number of halogens is 1. The highest BCUT2D eigenvalue weighted by atomic mass is 19.1. The second kappa shape index (κ2) is 10.3. The van der Waals surface area contributed by atoms with Crippen molar-refractivity contribution in [2.24, 2.45) is 0 Å². The number of aromatic nitrogens is 4. The molecule has 2 aromatic heterocycles. The van der Waals surface area contributed by atoms with Crippen LogP contribution in [0.4, 0.5) is 10.3 Å². The third-order valence-electron chi connectivity index (χ3n) is 6.84. The predicted molar refractivity (Wildman–Crippen MR) is 135 cm³/mol. The standard InChI is InChI=1S/C27H27FN6O3/c28-23-6-7-24-20(10-13-36-24)22(23)15-30-26-29-14-21(25-32-31-17-34(25)26)19-8-11-33(12-9-19)27(35)37-16-18-4-2-1-3-5-18/h1-8,14,17,27,35H,9-13,15-16H2,(H,29,30). The Kier molecular flexibility index (Phi) is 6.52. The Hall–Kier alpha value is -3.86. The van der Waals surface area contributed by atoms with Crippen LogP contribution >= 0.6 is 0 Å². The molecule has 190 valence electrons. The molecule has 10 heteroatoms. The molecular weight excluding hydrogens is 475 g/mol. The molecule has 0 saturated carbocycles. The molecule has 2 N–H and O–H groups in total. The van der Waals surface area contributed by atoms with Crippen molar-refractivity contribution in [2.75, 3.05) is 25.0 Å². The maximum atomic E-state index is 14.5. The highest BCUT2D eigenvalue weighted by molar-refractivity contribution is 5.76. The second-order valence-corrected chi connectivity index (χ2v) is 9.07.